The number of aryl methyl sites for hydroxylation is 2. The zero-order chi connectivity index (χ0) is 19.2. The minimum atomic E-state index is -0.133. The highest BCUT2D eigenvalue weighted by Gasteiger charge is 2.42. The summed E-state index contributed by atoms with van der Waals surface area (Å²) >= 11 is 0. The Morgan fingerprint density at radius 2 is 1.93 bits per heavy atom. The van der Waals surface area contributed by atoms with Crippen LogP contribution >= 0.6 is 0 Å². The van der Waals surface area contributed by atoms with E-state index in [2.05, 4.69) is 5.10 Å². The monoisotopic (exact) mass is 375 g/mol. The number of carbonyl (C=O) groups is 2. The molecule has 2 amide bonds. The van der Waals surface area contributed by atoms with Gasteiger partial charge in [0, 0.05) is 52.6 Å². The van der Waals surface area contributed by atoms with Gasteiger partial charge in [-0.1, -0.05) is 0 Å². The van der Waals surface area contributed by atoms with Crippen molar-refractivity contribution in [1.29, 1.82) is 0 Å². The van der Waals surface area contributed by atoms with Gasteiger partial charge in [-0.3, -0.25) is 14.2 Å². The summed E-state index contributed by atoms with van der Waals surface area (Å²) in [4.78, 5) is 41.1. The van der Waals surface area contributed by atoms with Gasteiger partial charge in [-0.25, -0.2) is 9.48 Å². The van der Waals surface area contributed by atoms with Crippen LogP contribution in [-0.4, -0.2) is 62.1 Å². The molecule has 0 aromatic carbocycles. The number of piperidine rings is 2. The molecule has 1 aromatic rings. The molecule has 4 heterocycles. The second-order valence-electron chi connectivity index (χ2n) is 8.40. The molecule has 1 atom stereocenters. The van der Waals surface area contributed by atoms with Crippen LogP contribution in [0, 0.1) is 11.3 Å². The SMILES string of the molecule is CCN1CC2(CCC1=O)CCN(C(=O)[C@H]1CCc3nn(C)c(=O)n3C1)CC2. The fraction of sp³-hybridized carbons (Fsp3) is 0.789. The second kappa shape index (κ2) is 6.80. The average molecular weight is 375 g/mol. The molecule has 0 unspecified atom stereocenters. The highest BCUT2D eigenvalue weighted by molar-refractivity contribution is 5.79. The molecular weight excluding hydrogens is 346 g/mol. The van der Waals surface area contributed by atoms with Crippen LogP contribution in [0.2, 0.25) is 0 Å². The Labute approximate surface area is 159 Å². The van der Waals surface area contributed by atoms with E-state index in [0.717, 1.165) is 57.7 Å². The Morgan fingerprint density at radius 3 is 2.63 bits per heavy atom. The molecule has 0 N–H and O–H groups in total. The van der Waals surface area contributed by atoms with Gasteiger partial charge in [-0.15, -0.1) is 0 Å². The number of aromatic nitrogens is 3. The van der Waals surface area contributed by atoms with Crippen molar-refractivity contribution in [3.63, 3.8) is 0 Å². The molecular formula is C19H29N5O3. The van der Waals surface area contributed by atoms with Crippen LogP contribution in [0.1, 0.15) is 44.9 Å². The molecule has 0 saturated carbocycles. The quantitative estimate of drug-likeness (QED) is 0.749. The van der Waals surface area contributed by atoms with Crippen LogP contribution in [0.3, 0.4) is 0 Å². The number of rotatable bonds is 2. The standard InChI is InChI=1S/C19H29N5O3/c1-3-22-13-19(7-6-16(22)25)8-10-23(11-9-19)17(26)14-4-5-15-20-21(2)18(27)24(15)12-14/h14H,3-13H2,1-2H3/t14-/m0/s1. The third-order valence-electron chi connectivity index (χ3n) is 6.82. The lowest BCUT2D eigenvalue weighted by Crippen LogP contribution is -2.53. The van der Waals surface area contributed by atoms with E-state index in [1.807, 2.05) is 16.7 Å². The number of likely N-dealkylation sites (tertiary alicyclic amines) is 2. The molecule has 0 radical (unpaired) electrons. The molecule has 1 aromatic heterocycles. The fourth-order valence-electron chi connectivity index (χ4n) is 5.00. The lowest BCUT2D eigenvalue weighted by atomic mass is 9.72. The number of hydrogen-bond acceptors (Lipinski definition) is 4. The minimum absolute atomic E-state index is 0.131. The number of nitrogens with zero attached hydrogens (tertiary/aromatic N) is 5. The first-order chi connectivity index (χ1) is 12.9. The van der Waals surface area contributed by atoms with Crippen LogP contribution in [0.5, 0.6) is 0 Å². The summed E-state index contributed by atoms with van der Waals surface area (Å²) in [5.41, 5.74) is 0.0485. The van der Waals surface area contributed by atoms with Gasteiger partial charge < -0.3 is 9.80 Å². The van der Waals surface area contributed by atoms with E-state index >= 15 is 0 Å². The molecule has 4 rings (SSSR count). The second-order valence-corrected chi connectivity index (χ2v) is 8.40. The minimum Gasteiger partial charge on any atom is -0.342 e. The molecule has 2 fully saturated rings. The van der Waals surface area contributed by atoms with Gasteiger partial charge in [0.15, 0.2) is 0 Å². The van der Waals surface area contributed by atoms with Gasteiger partial charge in [0.1, 0.15) is 5.82 Å². The van der Waals surface area contributed by atoms with Gasteiger partial charge in [0.2, 0.25) is 11.8 Å². The predicted molar refractivity (Wildman–Crippen MR) is 99.0 cm³/mol. The fourth-order valence-corrected chi connectivity index (χ4v) is 5.00. The first-order valence-electron chi connectivity index (χ1n) is 10.1. The molecule has 3 aliphatic heterocycles. The van der Waals surface area contributed by atoms with Crippen LogP contribution < -0.4 is 5.69 Å². The van der Waals surface area contributed by atoms with Gasteiger partial charge in [0.25, 0.3) is 0 Å². The molecule has 0 aliphatic carbocycles. The largest absolute Gasteiger partial charge is 0.345 e. The van der Waals surface area contributed by atoms with E-state index in [1.54, 1.807) is 11.6 Å². The van der Waals surface area contributed by atoms with E-state index in [9.17, 15) is 14.4 Å². The number of amides is 2. The van der Waals surface area contributed by atoms with Crippen molar-refractivity contribution in [3.05, 3.63) is 16.3 Å². The predicted octanol–water partition coefficient (Wildman–Crippen LogP) is 0.395. The van der Waals surface area contributed by atoms with E-state index < -0.39 is 0 Å². The Bertz CT molecular complexity index is 803. The van der Waals surface area contributed by atoms with E-state index in [1.165, 1.54) is 4.68 Å². The number of carbonyl (C=O) groups excluding carboxylic acids is 2. The molecule has 1 spiro atoms. The van der Waals surface area contributed by atoms with Crippen LogP contribution in [0.25, 0.3) is 0 Å². The van der Waals surface area contributed by atoms with E-state index in [-0.39, 0.29) is 28.8 Å². The highest BCUT2D eigenvalue weighted by atomic mass is 16.2. The summed E-state index contributed by atoms with van der Waals surface area (Å²) in [5, 5.41) is 4.25. The Morgan fingerprint density at radius 1 is 1.19 bits per heavy atom. The molecule has 8 nitrogen and oxygen atoms in total. The maximum absolute atomic E-state index is 13.0. The molecule has 8 heteroatoms. The topological polar surface area (TPSA) is 80.4 Å². The number of fused-ring (bicyclic) bond motifs is 1. The molecule has 148 valence electrons. The van der Waals surface area contributed by atoms with Gasteiger partial charge >= 0.3 is 5.69 Å². The first kappa shape index (κ1) is 18.3. The zero-order valence-electron chi connectivity index (χ0n) is 16.3. The zero-order valence-corrected chi connectivity index (χ0v) is 16.3. The van der Waals surface area contributed by atoms with Crippen molar-refractivity contribution in [1.82, 2.24) is 24.1 Å². The summed E-state index contributed by atoms with van der Waals surface area (Å²) in [7, 11) is 1.66. The highest BCUT2D eigenvalue weighted by Crippen LogP contribution is 2.40. The molecule has 3 aliphatic rings. The normalized spacial score (nSPS) is 25.0. The Hall–Kier alpha value is -2.12. The number of hydrogen-bond donors (Lipinski definition) is 0. The Balaban J connectivity index is 1.39. The van der Waals surface area contributed by atoms with Crippen molar-refractivity contribution >= 4 is 11.8 Å². The molecule has 0 bridgehead atoms. The van der Waals surface area contributed by atoms with E-state index in [4.69, 9.17) is 0 Å². The van der Waals surface area contributed by atoms with Crippen molar-refractivity contribution in [2.24, 2.45) is 18.4 Å². The summed E-state index contributed by atoms with van der Waals surface area (Å²) in [6.45, 7) is 5.61. The molecule has 27 heavy (non-hydrogen) atoms. The van der Waals surface area contributed by atoms with Crippen molar-refractivity contribution < 1.29 is 9.59 Å². The van der Waals surface area contributed by atoms with E-state index in [0.29, 0.717) is 19.4 Å². The maximum atomic E-state index is 13.0. The van der Waals surface area contributed by atoms with Crippen molar-refractivity contribution in [2.75, 3.05) is 26.2 Å². The van der Waals surface area contributed by atoms with Crippen LogP contribution in [0.4, 0.5) is 0 Å². The smallest absolute Gasteiger partial charge is 0.342 e. The average Bonchev–Trinajstić information content (AvgIpc) is 2.97. The van der Waals surface area contributed by atoms with Crippen LogP contribution in [0.15, 0.2) is 4.79 Å². The van der Waals surface area contributed by atoms with Crippen molar-refractivity contribution in [3.8, 4) is 0 Å². The summed E-state index contributed by atoms with van der Waals surface area (Å²) in [6.07, 6.45) is 4.95. The summed E-state index contributed by atoms with van der Waals surface area (Å²) < 4.78 is 3.01. The lowest BCUT2D eigenvalue weighted by Gasteiger charge is -2.47. The van der Waals surface area contributed by atoms with Crippen LogP contribution in [-0.2, 0) is 29.6 Å². The van der Waals surface area contributed by atoms with Crippen molar-refractivity contribution in [2.45, 2.75) is 52.0 Å². The van der Waals surface area contributed by atoms with Gasteiger partial charge in [-0.2, -0.15) is 5.10 Å². The third-order valence-corrected chi connectivity index (χ3v) is 6.82. The molecule has 2 saturated heterocycles. The maximum Gasteiger partial charge on any atom is 0.345 e. The Kier molecular flexibility index (Phi) is 4.60. The van der Waals surface area contributed by atoms with Gasteiger partial charge in [0.05, 0.1) is 5.92 Å². The van der Waals surface area contributed by atoms with Gasteiger partial charge in [-0.05, 0) is 38.0 Å². The summed E-state index contributed by atoms with van der Waals surface area (Å²) in [5.74, 6) is 1.09. The summed E-state index contributed by atoms with van der Waals surface area (Å²) in [6, 6.07) is 0. The third kappa shape index (κ3) is 3.19. The first-order valence-corrected chi connectivity index (χ1v) is 10.1. The lowest BCUT2D eigenvalue weighted by molar-refractivity contribution is -0.144.